The molecule has 9 nitrogen and oxygen atoms in total. The van der Waals surface area contributed by atoms with Gasteiger partial charge in [0.15, 0.2) is 11.6 Å². The first-order valence-electron chi connectivity index (χ1n) is 9.50. The Morgan fingerprint density at radius 3 is 2.69 bits per heavy atom. The molecule has 0 fully saturated rings. The van der Waals surface area contributed by atoms with Crippen molar-refractivity contribution in [2.24, 2.45) is 0 Å². The van der Waals surface area contributed by atoms with Gasteiger partial charge in [0, 0.05) is 6.54 Å². The number of imidazole rings is 1. The molecule has 2 aromatic carbocycles. The molecule has 0 aliphatic carbocycles. The Morgan fingerprint density at radius 1 is 1.22 bits per heavy atom. The van der Waals surface area contributed by atoms with E-state index in [-0.39, 0.29) is 34.6 Å². The van der Waals surface area contributed by atoms with Crippen LogP contribution in [0.3, 0.4) is 0 Å². The maximum atomic E-state index is 12.4. The van der Waals surface area contributed by atoms with Gasteiger partial charge < -0.3 is 14.8 Å². The van der Waals surface area contributed by atoms with Gasteiger partial charge in [0.05, 0.1) is 27.7 Å². The molecule has 0 saturated carbocycles. The smallest absolute Gasteiger partial charge is 0.338 e. The molecule has 1 aliphatic rings. The Balaban J connectivity index is 1.52. The van der Waals surface area contributed by atoms with Crippen LogP contribution < -0.4 is 0 Å². The van der Waals surface area contributed by atoms with Crippen LogP contribution in [0.15, 0.2) is 60.9 Å². The standard InChI is InChI=1S/C23H16N4O5/c1-2-9-27-21(29)14-8-7-13(10-15(14)22(27)30)23(31)32-12-19(28)16(11-24)20-25-17-5-3-4-6-18(17)26-20/h2-8,10,28H,1,9,12H2,(H,25,26). The number of aliphatic hydroxyl groups excluding tert-OH is 1. The van der Waals surface area contributed by atoms with Crippen molar-refractivity contribution in [2.75, 3.05) is 13.2 Å². The normalized spacial score (nSPS) is 13.5. The summed E-state index contributed by atoms with van der Waals surface area (Å²) in [6, 6.07) is 13.0. The van der Waals surface area contributed by atoms with Crippen molar-refractivity contribution in [3.63, 3.8) is 0 Å². The van der Waals surface area contributed by atoms with Crippen LogP contribution in [0.5, 0.6) is 0 Å². The summed E-state index contributed by atoms with van der Waals surface area (Å²) >= 11 is 0. The van der Waals surface area contributed by atoms with Crippen LogP contribution in [-0.2, 0) is 4.74 Å². The number of para-hydroxylation sites is 2. The Kier molecular flexibility index (Phi) is 5.27. The van der Waals surface area contributed by atoms with Crippen molar-refractivity contribution in [3.05, 3.63) is 83.4 Å². The third-order valence-electron chi connectivity index (χ3n) is 4.88. The molecular weight excluding hydrogens is 412 g/mol. The number of benzene rings is 2. The summed E-state index contributed by atoms with van der Waals surface area (Å²) in [4.78, 5) is 45.3. The van der Waals surface area contributed by atoms with Gasteiger partial charge in [-0.15, -0.1) is 6.58 Å². The summed E-state index contributed by atoms with van der Waals surface area (Å²) in [5.41, 5.74) is 1.44. The number of imide groups is 1. The lowest BCUT2D eigenvalue weighted by atomic mass is 10.1. The fourth-order valence-electron chi connectivity index (χ4n) is 3.33. The van der Waals surface area contributed by atoms with Gasteiger partial charge in [-0.3, -0.25) is 14.5 Å². The number of aromatic nitrogens is 2. The van der Waals surface area contributed by atoms with Gasteiger partial charge in [0.25, 0.3) is 11.8 Å². The number of H-pyrrole nitrogens is 1. The molecule has 9 heteroatoms. The molecule has 3 aromatic rings. The predicted molar refractivity (Wildman–Crippen MR) is 114 cm³/mol. The van der Waals surface area contributed by atoms with Crippen molar-refractivity contribution in [1.29, 1.82) is 5.26 Å². The second-order valence-corrected chi connectivity index (χ2v) is 6.88. The van der Waals surface area contributed by atoms with Gasteiger partial charge >= 0.3 is 5.97 Å². The van der Waals surface area contributed by atoms with Crippen LogP contribution in [0.25, 0.3) is 16.6 Å². The number of allylic oxidation sites excluding steroid dienone is 1. The lowest BCUT2D eigenvalue weighted by molar-refractivity contribution is 0.0502. The maximum Gasteiger partial charge on any atom is 0.338 e. The molecule has 1 aliphatic heterocycles. The van der Waals surface area contributed by atoms with Crippen molar-refractivity contribution >= 4 is 34.4 Å². The number of nitrogens with zero attached hydrogens (tertiary/aromatic N) is 3. The minimum atomic E-state index is -0.830. The topological polar surface area (TPSA) is 136 Å². The Bertz CT molecular complexity index is 1330. The first-order chi connectivity index (χ1) is 15.4. The van der Waals surface area contributed by atoms with Gasteiger partial charge in [-0.05, 0) is 30.3 Å². The first-order valence-corrected chi connectivity index (χ1v) is 9.50. The highest BCUT2D eigenvalue weighted by Gasteiger charge is 2.35. The van der Waals surface area contributed by atoms with E-state index in [1.165, 1.54) is 24.3 Å². The fraction of sp³-hybridized carbons (Fsp3) is 0.0870. The highest BCUT2D eigenvalue weighted by Crippen LogP contribution is 2.24. The number of amides is 2. The van der Waals surface area contributed by atoms with E-state index in [0.29, 0.717) is 11.0 Å². The van der Waals surface area contributed by atoms with Crippen LogP contribution in [0.1, 0.15) is 36.9 Å². The van der Waals surface area contributed by atoms with Crippen LogP contribution >= 0.6 is 0 Å². The highest BCUT2D eigenvalue weighted by atomic mass is 16.5. The number of carbonyl (C=O) groups excluding carboxylic acids is 3. The summed E-state index contributed by atoms with van der Waals surface area (Å²) in [6.45, 7) is 3.00. The molecule has 2 amide bonds. The summed E-state index contributed by atoms with van der Waals surface area (Å²) in [5, 5.41) is 19.8. The first kappa shape index (κ1) is 20.6. The minimum Gasteiger partial charge on any atom is -0.507 e. The molecule has 0 spiro atoms. The van der Waals surface area contributed by atoms with E-state index < -0.39 is 30.1 Å². The van der Waals surface area contributed by atoms with Gasteiger partial charge in [0.2, 0.25) is 0 Å². The van der Waals surface area contributed by atoms with Crippen molar-refractivity contribution in [3.8, 4) is 6.07 Å². The van der Waals surface area contributed by atoms with E-state index >= 15 is 0 Å². The molecule has 2 heterocycles. The zero-order chi connectivity index (χ0) is 22.8. The van der Waals surface area contributed by atoms with E-state index in [2.05, 4.69) is 16.5 Å². The number of rotatable bonds is 6. The van der Waals surface area contributed by atoms with Crippen LogP contribution in [0.4, 0.5) is 0 Å². The third kappa shape index (κ3) is 3.50. The van der Waals surface area contributed by atoms with Gasteiger partial charge in [-0.1, -0.05) is 18.2 Å². The second kappa shape index (κ2) is 8.20. The quantitative estimate of drug-likeness (QED) is 0.202. The maximum absolute atomic E-state index is 12.4. The fourth-order valence-corrected chi connectivity index (χ4v) is 3.33. The molecule has 0 radical (unpaired) electrons. The Hall–Kier alpha value is -4.71. The van der Waals surface area contributed by atoms with Crippen molar-refractivity contribution in [2.45, 2.75) is 0 Å². The number of aliphatic hydroxyl groups is 1. The summed E-state index contributed by atoms with van der Waals surface area (Å²) in [7, 11) is 0. The number of carbonyl (C=O) groups is 3. The monoisotopic (exact) mass is 428 g/mol. The zero-order valence-electron chi connectivity index (χ0n) is 16.7. The molecule has 158 valence electrons. The molecule has 0 unspecified atom stereocenters. The lowest BCUT2D eigenvalue weighted by Gasteiger charge is -2.09. The molecule has 4 rings (SSSR count). The van der Waals surface area contributed by atoms with Crippen LogP contribution in [-0.4, -0.2) is 50.9 Å². The Morgan fingerprint density at radius 2 is 1.97 bits per heavy atom. The van der Waals surface area contributed by atoms with E-state index in [9.17, 15) is 24.8 Å². The largest absolute Gasteiger partial charge is 0.507 e. The van der Waals surface area contributed by atoms with Crippen LogP contribution in [0, 0.1) is 11.3 Å². The average Bonchev–Trinajstić information content (AvgIpc) is 3.32. The molecular formula is C23H16N4O5. The zero-order valence-corrected chi connectivity index (χ0v) is 16.7. The van der Waals surface area contributed by atoms with Gasteiger partial charge in [-0.25, -0.2) is 9.78 Å². The Labute approximate surface area is 181 Å². The SMILES string of the molecule is C=CCN1C(=O)c2ccc(C(=O)OCC(O)=C(C#N)c3nc4ccccc4[nH]3)cc2C1=O. The number of fused-ring (bicyclic) bond motifs is 2. The number of nitrogens with one attached hydrogen (secondary N) is 1. The summed E-state index contributed by atoms with van der Waals surface area (Å²) in [5.74, 6) is -2.16. The van der Waals surface area contributed by atoms with Gasteiger partial charge in [-0.2, -0.15) is 5.26 Å². The molecule has 2 N–H and O–H groups in total. The summed E-state index contributed by atoms with van der Waals surface area (Å²) in [6.07, 6.45) is 1.43. The molecule has 32 heavy (non-hydrogen) atoms. The van der Waals surface area contributed by atoms with Crippen LogP contribution in [0.2, 0.25) is 0 Å². The number of nitriles is 1. The van der Waals surface area contributed by atoms with E-state index in [4.69, 9.17) is 4.74 Å². The van der Waals surface area contributed by atoms with E-state index in [1.807, 2.05) is 6.07 Å². The highest BCUT2D eigenvalue weighted by molar-refractivity contribution is 6.22. The predicted octanol–water partition coefficient (Wildman–Crippen LogP) is 2.99. The minimum absolute atomic E-state index is 0.0281. The summed E-state index contributed by atoms with van der Waals surface area (Å²) < 4.78 is 5.10. The van der Waals surface area contributed by atoms with Crippen molar-refractivity contribution in [1.82, 2.24) is 14.9 Å². The van der Waals surface area contributed by atoms with E-state index in [1.54, 1.807) is 24.3 Å². The second-order valence-electron chi connectivity index (χ2n) is 6.88. The molecule has 0 bridgehead atoms. The molecule has 1 aromatic heterocycles. The number of aromatic amines is 1. The molecule has 0 atom stereocenters. The lowest BCUT2D eigenvalue weighted by Crippen LogP contribution is -2.29. The third-order valence-corrected chi connectivity index (χ3v) is 4.88. The number of hydrogen-bond acceptors (Lipinski definition) is 7. The van der Waals surface area contributed by atoms with E-state index in [0.717, 1.165) is 4.90 Å². The van der Waals surface area contributed by atoms with Crippen molar-refractivity contribution < 1.29 is 24.2 Å². The average molecular weight is 428 g/mol. The molecule has 0 saturated heterocycles. The number of ether oxygens (including phenoxy) is 1. The number of hydrogen-bond donors (Lipinski definition) is 2. The van der Waals surface area contributed by atoms with Gasteiger partial charge in [0.1, 0.15) is 18.2 Å². The number of esters is 1.